The number of amides is 1. The van der Waals surface area contributed by atoms with Gasteiger partial charge < -0.3 is 40.3 Å². The Morgan fingerprint density at radius 3 is 1.26 bits per heavy atom. The topological polar surface area (TPSA) is 149 Å². The first kappa shape index (κ1) is 67.6. The molecule has 1 heterocycles. The Morgan fingerprint density at radius 2 is 0.833 bits per heavy atom. The van der Waals surface area contributed by atoms with Crippen LogP contribution in [0.5, 0.6) is 0 Å². The van der Waals surface area contributed by atoms with Crippen molar-refractivity contribution >= 4 is 5.91 Å². The first-order valence-electron chi connectivity index (χ1n) is 30.2. The Labute approximate surface area is 442 Å². The Balaban J connectivity index is 2.25. The summed E-state index contributed by atoms with van der Waals surface area (Å²) < 4.78 is 11.3. The van der Waals surface area contributed by atoms with Crippen LogP contribution in [0.1, 0.15) is 264 Å². The van der Waals surface area contributed by atoms with Gasteiger partial charge in [0.2, 0.25) is 5.91 Å². The fourth-order valence-corrected chi connectivity index (χ4v) is 9.20. The SMILES string of the molecule is CCCCCCC/C=C\C/C=C\C/C=C\CCCCCCCCCCCCCCC(=O)NC(COC1OC(CO)C(O)C(O)C1O)C(O)/C=C/CC/C=C/CC/C=C/CCCCCCCCCCCCCC. The third-order valence-electron chi connectivity index (χ3n) is 14.0. The molecule has 0 aromatic heterocycles. The third kappa shape index (κ3) is 40.9. The van der Waals surface area contributed by atoms with Gasteiger partial charge in [-0.25, -0.2) is 0 Å². The molecule has 1 saturated heterocycles. The van der Waals surface area contributed by atoms with Crippen LogP contribution >= 0.6 is 0 Å². The molecule has 1 rings (SSSR count). The third-order valence-corrected chi connectivity index (χ3v) is 14.0. The van der Waals surface area contributed by atoms with Gasteiger partial charge in [0.25, 0.3) is 0 Å². The maximum Gasteiger partial charge on any atom is 0.220 e. The standard InChI is InChI=1S/C63H113NO8/c1-3-5-7-9-11-13-15-17-19-21-23-25-27-28-29-30-31-33-35-37-39-41-43-45-47-49-51-53-59(67)64-56(55-71-63-62(70)61(69)60(68)58(54-65)72-63)57(66)52-50-48-46-44-42-40-38-36-34-32-26-24-22-20-18-16-14-12-10-8-6-4-2/h15,17,21,23,27-28,34,36,42,44,50,52,56-58,60-63,65-66,68-70H,3-14,16,18-20,22,24-26,29-33,35,37-41,43,45-49,51,53-55H2,1-2H3,(H,64,67)/b17-15-,23-21-,28-27-,36-34+,44-42+,52-50+. The quantitative estimate of drug-likeness (QED) is 0.0261. The normalized spacial score (nSPS) is 19.7. The summed E-state index contributed by atoms with van der Waals surface area (Å²) in [5.74, 6) is -0.193. The first-order valence-corrected chi connectivity index (χ1v) is 30.2. The van der Waals surface area contributed by atoms with E-state index in [4.69, 9.17) is 9.47 Å². The molecule has 1 fully saturated rings. The number of nitrogens with one attached hydrogen (secondary N) is 1. The van der Waals surface area contributed by atoms with Crippen molar-refractivity contribution in [1.82, 2.24) is 5.32 Å². The summed E-state index contributed by atoms with van der Waals surface area (Å²) >= 11 is 0. The summed E-state index contributed by atoms with van der Waals surface area (Å²) in [6, 6.07) is -0.833. The van der Waals surface area contributed by atoms with E-state index in [9.17, 15) is 30.3 Å². The largest absolute Gasteiger partial charge is 0.394 e. The lowest BCUT2D eigenvalue weighted by Gasteiger charge is -2.40. The highest BCUT2D eigenvalue weighted by Crippen LogP contribution is 2.23. The lowest BCUT2D eigenvalue weighted by molar-refractivity contribution is -0.302. The molecule has 1 amide bonds. The van der Waals surface area contributed by atoms with Gasteiger partial charge in [-0.15, -0.1) is 0 Å². The van der Waals surface area contributed by atoms with E-state index in [2.05, 4.69) is 79.9 Å². The Kier molecular flexibility index (Phi) is 48.9. The number of unbranched alkanes of at least 4 members (excludes halogenated alkanes) is 31. The zero-order chi connectivity index (χ0) is 52.2. The number of carbonyl (C=O) groups is 1. The van der Waals surface area contributed by atoms with Crippen molar-refractivity contribution in [3.63, 3.8) is 0 Å². The zero-order valence-electron chi connectivity index (χ0n) is 46.4. The summed E-state index contributed by atoms with van der Waals surface area (Å²) in [4.78, 5) is 13.1. The van der Waals surface area contributed by atoms with E-state index in [1.54, 1.807) is 6.08 Å². The number of aliphatic hydroxyl groups is 5. The van der Waals surface area contributed by atoms with Crippen LogP contribution < -0.4 is 5.32 Å². The fraction of sp³-hybridized carbons (Fsp3) is 0.794. The molecule has 0 saturated carbocycles. The molecular weight excluding hydrogens is 899 g/mol. The summed E-state index contributed by atoms with van der Waals surface area (Å²) in [6.45, 7) is 3.76. The van der Waals surface area contributed by atoms with Crippen LogP contribution in [0.2, 0.25) is 0 Å². The van der Waals surface area contributed by atoms with E-state index in [1.807, 2.05) is 6.08 Å². The molecule has 9 nitrogen and oxygen atoms in total. The molecule has 7 unspecified atom stereocenters. The maximum atomic E-state index is 13.1. The molecule has 0 radical (unpaired) electrons. The second-order valence-electron chi connectivity index (χ2n) is 20.8. The van der Waals surface area contributed by atoms with E-state index >= 15 is 0 Å². The van der Waals surface area contributed by atoms with Gasteiger partial charge in [0.15, 0.2) is 6.29 Å². The van der Waals surface area contributed by atoms with Crippen LogP contribution in [-0.2, 0) is 14.3 Å². The number of aliphatic hydroxyl groups excluding tert-OH is 5. The highest BCUT2D eigenvalue weighted by molar-refractivity contribution is 5.76. The van der Waals surface area contributed by atoms with Crippen LogP contribution in [0.4, 0.5) is 0 Å². The predicted molar refractivity (Wildman–Crippen MR) is 304 cm³/mol. The number of carbonyl (C=O) groups excluding carboxylic acids is 1. The van der Waals surface area contributed by atoms with Gasteiger partial charge in [0.05, 0.1) is 25.4 Å². The van der Waals surface area contributed by atoms with E-state index in [-0.39, 0.29) is 12.5 Å². The molecule has 0 spiro atoms. The molecule has 418 valence electrons. The van der Waals surface area contributed by atoms with Crippen molar-refractivity contribution in [2.45, 2.75) is 307 Å². The highest BCUT2D eigenvalue weighted by Gasteiger charge is 2.44. The van der Waals surface area contributed by atoms with Gasteiger partial charge in [0.1, 0.15) is 24.4 Å². The van der Waals surface area contributed by atoms with Crippen molar-refractivity contribution in [3.05, 3.63) is 72.9 Å². The lowest BCUT2D eigenvalue weighted by Crippen LogP contribution is -2.60. The van der Waals surface area contributed by atoms with Crippen molar-refractivity contribution < 1.29 is 39.8 Å². The molecule has 0 aromatic rings. The lowest BCUT2D eigenvalue weighted by atomic mass is 9.99. The Hall–Kier alpha value is -2.37. The smallest absolute Gasteiger partial charge is 0.220 e. The van der Waals surface area contributed by atoms with Crippen LogP contribution in [0.15, 0.2) is 72.9 Å². The molecule has 0 aliphatic carbocycles. The fourth-order valence-electron chi connectivity index (χ4n) is 9.20. The Morgan fingerprint density at radius 1 is 0.472 bits per heavy atom. The van der Waals surface area contributed by atoms with Gasteiger partial charge in [-0.3, -0.25) is 4.79 Å². The number of ether oxygens (including phenoxy) is 2. The predicted octanol–water partition coefficient (Wildman–Crippen LogP) is 15.2. The maximum absolute atomic E-state index is 13.1. The second-order valence-corrected chi connectivity index (χ2v) is 20.8. The Bertz CT molecular complexity index is 1360. The van der Waals surface area contributed by atoms with Crippen molar-refractivity contribution in [3.8, 4) is 0 Å². The van der Waals surface area contributed by atoms with Gasteiger partial charge in [-0.05, 0) is 83.5 Å². The van der Waals surface area contributed by atoms with Crippen molar-refractivity contribution in [1.29, 1.82) is 0 Å². The van der Waals surface area contributed by atoms with Crippen LogP contribution in [0.3, 0.4) is 0 Å². The molecule has 72 heavy (non-hydrogen) atoms. The van der Waals surface area contributed by atoms with E-state index < -0.39 is 49.5 Å². The highest BCUT2D eigenvalue weighted by atomic mass is 16.7. The first-order chi connectivity index (χ1) is 35.3. The average Bonchev–Trinajstić information content (AvgIpc) is 3.38. The van der Waals surface area contributed by atoms with Crippen LogP contribution in [0.25, 0.3) is 0 Å². The summed E-state index contributed by atoms with van der Waals surface area (Å²) in [5.41, 5.74) is 0. The number of allylic oxidation sites excluding steroid dienone is 11. The minimum atomic E-state index is -1.58. The van der Waals surface area contributed by atoms with Gasteiger partial charge in [0, 0.05) is 6.42 Å². The summed E-state index contributed by atoms with van der Waals surface area (Å²) in [5, 5.41) is 54.5. The summed E-state index contributed by atoms with van der Waals surface area (Å²) in [7, 11) is 0. The zero-order valence-corrected chi connectivity index (χ0v) is 46.4. The molecular formula is C63H113NO8. The van der Waals surface area contributed by atoms with Crippen molar-refractivity contribution in [2.75, 3.05) is 13.2 Å². The molecule has 1 aliphatic rings. The summed E-state index contributed by atoms with van der Waals surface area (Å²) in [6.07, 6.45) is 65.4. The number of hydrogen-bond acceptors (Lipinski definition) is 8. The minimum absolute atomic E-state index is 0.193. The number of hydrogen-bond donors (Lipinski definition) is 6. The number of rotatable bonds is 51. The molecule has 0 aromatic carbocycles. The molecule has 0 bridgehead atoms. The molecule has 9 heteroatoms. The monoisotopic (exact) mass is 1010 g/mol. The molecule has 6 N–H and O–H groups in total. The van der Waals surface area contributed by atoms with Crippen molar-refractivity contribution in [2.24, 2.45) is 0 Å². The van der Waals surface area contributed by atoms with Gasteiger partial charge in [-0.2, -0.15) is 0 Å². The van der Waals surface area contributed by atoms with Gasteiger partial charge >= 0.3 is 0 Å². The molecule has 7 atom stereocenters. The van der Waals surface area contributed by atoms with E-state index in [0.717, 1.165) is 57.8 Å². The van der Waals surface area contributed by atoms with E-state index in [0.29, 0.717) is 6.42 Å². The van der Waals surface area contributed by atoms with E-state index in [1.165, 1.54) is 186 Å². The van der Waals surface area contributed by atoms with Crippen LogP contribution in [-0.4, -0.2) is 87.5 Å². The second kappa shape index (κ2) is 52.1. The molecule has 1 aliphatic heterocycles. The minimum Gasteiger partial charge on any atom is -0.394 e. The van der Waals surface area contributed by atoms with Gasteiger partial charge in [-0.1, -0.05) is 247 Å². The van der Waals surface area contributed by atoms with Crippen LogP contribution in [0, 0.1) is 0 Å². The average molecular weight is 1010 g/mol.